The van der Waals surface area contributed by atoms with Gasteiger partial charge in [-0.05, 0) is 24.7 Å². The van der Waals surface area contributed by atoms with Gasteiger partial charge >= 0.3 is 0 Å². The molecule has 88 valence electrons. The third-order valence-electron chi connectivity index (χ3n) is 3.38. The summed E-state index contributed by atoms with van der Waals surface area (Å²) >= 11 is 0. The Morgan fingerprint density at radius 2 is 2.20 bits per heavy atom. The van der Waals surface area contributed by atoms with Crippen molar-refractivity contribution < 1.29 is 4.79 Å². The van der Waals surface area contributed by atoms with E-state index >= 15 is 0 Å². The molecule has 0 saturated heterocycles. The maximum atomic E-state index is 11.5. The van der Waals surface area contributed by atoms with Crippen LogP contribution in [0, 0.1) is 5.41 Å². The molecule has 1 unspecified atom stereocenters. The highest BCUT2D eigenvalue weighted by molar-refractivity contribution is 5.76. The van der Waals surface area contributed by atoms with Gasteiger partial charge in [-0.2, -0.15) is 0 Å². The summed E-state index contributed by atoms with van der Waals surface area (Å²) in [5, 5.41) is 3.00. The van der Waals surface area contributed by atoms with Gasteiger partial charge in [-0.1, -0.05) is 26.7 Å². The number of carbonyl (C=O) groups is 1. The predicted octanol–water partition coefficient (Wildman–Crippen LogP) is 1.81. The molecule has 1 amide bonds. The molecule has 0 radical (unpaired) electrons. The van der Waals surface area contributed by atoms with Gasteiger partial charge in [0.15, 0.2) is 0 Å². The monoisotopic (exact) mass is 212 g/mol. The van der Waals surface area contributed by atoms with Crippen molar-refractivity contribution in [2.45, 2.75) is 58.4 Å². The van der Waals surface area contributed by atoms with E-state index in [0.717, 1.165) is 19.4 Å². The molecule has 3 N–H and O–H groups in total. The van der Waals surface area contributed by atoms with Crippen LogP contribution in [0.3, 0.4) is 0 Å². The Labute approximate surface area is 92.8 Å². The van der Waals surface area contributed by atoms with Crippen LogP contribution in [0.25, 0.3) is 0 Å². The van der Waals surface area contributed by atoms with Gasteiger partial charge in [-0.25, -0.2) is 0 Å². The average Bonchev–Trinajstić information content (AvgIpc) is 2.12. The molecule has 1 aliphatic carbocycles. The van der Waals surface area contributed by atoms with Crippen molar-refractivity contribution >= 4 is 5.91 Å². The van der Waals surface area contributed by atoms with E-state index in [9.17, 15) is 4.79 Å². The van der Waals surface area contributed by atoms with Gasteiger partial charge in [-0.15, -0.1) is 0 Å². The van der Waals surface area contributed by atoms with Gasteiger partial charge in [-0.3, -0.25) is 4.79 Å². The average molecular weight is 212 g/mol. The van der Waals surface area contributed by atoms with Crippen molar-refractivity contribution in [3.8, 4) is 0 Å². The summed E-state index contributed by atoms with van der Waals surface area (Å²) in [6, 6.07) is 0.0317. The number of nitrogens with one attached hydrogen (secondary N) is 1. The molecule has 0 aromatic heterocycles. The first-order valence-electron chi connectivity index (χ1n) is 6.08. The first-order valence-corrected chi connectivity index (χ1v) is 6.08. The van der Waals surface area contributed by atoms with E-state index < -0.39 is 0 Å². The Hall–Kier alpha value is -0.570. The molecule has 1 aliphatic rings. The van der Waals surface area contributed by atoms with Gasteiger partial charge in [0.25, 0.3) is 0 Å². The van der Waals surface area contributed by atoms with Crippen LogP contribution in [-0.2, 0) is 4.79 Å². The SMILES string of the molecule is CCCC(N)CC(=O)NCC1(C)CCC1. The van der Waals surface area contributed by atoms with Gasteiger partial charge < -0.3 is 11.1 Å². The fourth-order valence-electron chi connectivity index (χ4n) is 2.05. The number of hydrogen-bond donors (Lipinski definition) is 2. The lowest BCUT2D eigenvalue weighted by Gasteiger charge is -2.38. The van der Waals surface area contributed by atoms with Gasteiger partial charge in [0.1, 0.15) is 0 Å². The molecule has 0 aromatic carbocycles. The largest absolute Gasteiger partial charge is 0.356 e. The lowest BCUT2D eigenvalue weighted by atomic mass is 9.70. The molecular weight excluding hydrogens is 188 g/mol. The molecule has 0 spiro atoms. The summed E-state index contributed by atoms with van der Waals surface area (Å²) in [6.07, 6.45) is 6.26. The van der Waals surface area contributed by atoms with Crippen molar-refractivity contribution in [3.05, 3.63) is 0 Å². The normalized spacial score (nSPS) is 20.5. The lowest BCUT2D eigenvalue weighted by molar-refractivity contribution is -0.122. The number of hydrogen-bond acceptors (Lipinski definition) is 2. The van der Waals surface area contributed by atoms with Crippen LogP contribution in [0.1, 0.15) is 52.4 Å². The zero-order valence-corrected chi connectivity index (χ0v) is 10.0. The van der Waals surface area contributed by atoms with Crippen molar-refractivity contribution in [3.63, 3.8) is 0 Å². The first-order chi connectivity index (χ1) is 7.06. The van der Waals surface area contributed by atoms with Crippen LogP contribution in [0.5, 0.6) is 0 Å². The van der Waals surface area contributed by atoms with Crippen molar-refractivity contribution in [2.75, 3.05) is 6.54 Å². The highest BCUT2D eigenvalue weighted by Gasteiger charge is 2.31. The maximum Gasteiger partial charge on any atom is 0.221 e. The Kier molecular flexibility index (Phi) is 4.58. The lowest BCUT2D eigenvalue weighted by Crippen LogP contribution is -2.41. The quantitative estimate of drug-likeness (QED) is 0.705. The van der Waals surface area contributed by atoms with E-state index in [0.29, 0.717) is 11.8 Å². The van der Waals surface area contributed by atoms with E-state index in [1.165, 1.54) is 19.3 Å². The number of amides is 1. The molecule has 0 heterocycles. The standard InChI is InChI=1S/C12H24N2O/c1-3-5-10(13)8-11(15)14-9-12(2)6-4-7-12/h10H,3-9,13H2,1-2H3,(H,14,15). The van der Waals surface area contributed by atoms with Crippen molar-refractivity contribution in [1.82, 2.24) is 5.32 Å². The highest BCUT2D eigenvalue weighted by Crippen LogP contribution is 2.39. The molecule has 3 nitrogen and oxygen atoms in total. The van der Waals surface area contributed by atoms with Crippen LogP contribution >= 0.6 is 0 Å². The smallest absolute Gasteiger partial charge is 0.221 e. The molecule has 0 aliphatic heterocycles. The molecule has 1 fully saturated rings. The number of rotatable bonds is 6. The molecular formula is C12H24N2O. The Morgan fingerprint density at radius 1 is 1.53 bits per heavy atom. The minimum absolute atomic E-state index is 0.0317. The number of nitrogens with two attached hydrogens (primary N) is 1. The molecule has 3 heteroatoms. The summed E-state index contributed by atoms with van der Waals surface area (Å²) in [5.41, 5.74) is 6.18. The van der Waals surface area contributed by atoms with E-state index in [1.807, 2.05) is 0 Å². The minimum Gasteiger partial charge on any atom is -0.356 e. The Morgan fingerprint density at radius 3 is 2.67 bits per heavy atom. The maximum absolute atomic E-state index is 11.5. The molecule has 0 aromatic rings. The summed E-state index contributed by atoms with van der Waals surface area (Å²) in [4.78, 5) is 11.5. The third kappa shape index (κ3) is 4.20. The van der Waals surface area contributed by atoms with Crippen LogP contribution in [0.4, 0.5) is 0 Å². The Bertz CT molecular complexity index is 212. The second-order valence-corrected chi connectivity index (χ2v) is 5.19. The van der Waals surface area contributed by atoms with Crippen LogP contribution in [-0.4, -0.2) is 18.5 Å². The van der Waals surface area contributed by atoms with Crippen molar-refractivity contribution in [1.29, 1.82) is 0 Å². The van der Waals surface area contributed by atoms with Gasteiger partial charge in [0.05, 0.1) is 0 Å². The molecule has 1 rings (SSSR count). The molecule has 0 bridgehead atoms. The second kappa shape index (κ2) is 5.50. The highest BCUT2D eigenvalue weighted by atomic mass is 16.1. The topological polar surface area (TPSA) is 55.1 Å². The fraction of sp³-hybridized carbons (Fsp3) is 0.917. The third-order valence-corrected chi connectivity index (χ3v) is 3.38. The fourth-order valence-corrected chi connectivity index (χ4v) is 2.05. The van der Waals surface area contributed by atoms with Crippen LogP contribution in [0.15, 0.2) is 0 Å². The summed E-state index contributed by atoms with van der Waals surface area (Å²) in [7, 11) is 0. The first kappa shape index (κ1) is 12.5. The van der Waals surface area contributed by atoms with Crippen LogP contribution in [0.2, 0.25) is 0 Å². The van der Waals surface area contributed by atoms with Gasteiger partial charge in [0, 0.05) is 19.0 Å². The van der Waals surface area contributed by atoms with Crippen molar-refractivity contribution in [2.24, 2.45) is 11.1 Å². The van der Waals surface area contributed by atoms with E-state index in [1.54, 1.807) is 0 Å². The number of carbonyl (C=O) groups excluding carboxylic acids is 1. The zero-order chi connectivity index (χ0) is 11.3. The predicted molar refractivity (Wildman–Crippen MR) is 62.5 cm³/mol. The van der Waals surface area contributed by atoms with Crippen LogP contribution < -0.4 is 11.1 Å². The molecule has 15 heavy (non-hydrogen) atoms. The minimum atomic E-state index is 0.0317. The molecule has 1 atom stereocenters. The van der Waals surface area contributed by atoms with E-state index in [4.69, 9.17) is 5.73 Å². The summed E-state index contributed by atoms with van der Waals surface area (Å²) < 4.78 is 0. The second-order valence-electron chi connectivity index (χ2n) is 5.19. The molecule has 1 saturated carbocycles. The summed E-state index contributed by atoms with van der Waals surface area (Å²) in [5.74, 6) is 0.115. The van der Waals surface area contributed by atoms with Gasteiger partial charge in [0.2, 0.25) is 5.91 Å². The van der Waals surface area contributed by atoms with E-state index in [-0.39, 0.29) is 11.9 Å². The zero-order valence-electron chi connectivity index (χ0n) is 10.0. The van der Waals surface area contributed by atoms with E-state index in [2.05, 4.69) is 19.2 Å². The summed E-state index contributed by atoms with van der Waals surface area (Å²) in [6.45, 7) is 5.15. The Balaban J connectivity index is 2.13.